The summed E-state index contributed by atoms with van der Waals surface area (Å²) in [7, 11) is 4.34. The molecule has 2 rings (SSSR count). The van der Waals surface area contributed by atoms with E-state index in [-0.39, 0.29) is 30.8 Å². The summed E-state index contributed by atoms with van der Waals surface area (Å²) in [6.07, 6.45) is 3.81. The minimum atomic E-state index is -0.374. The van der Waals surface area contributed by atoms with E-state index in [1.165, 1.54) is 43.9 Å². The van der Waals surface area contributed by atoms with Gasteiger partial charge in [0.2, 0.25) is 0 Å². The molecule has 7 nitrogen and oxygen atoms in total. The van der Waals surface area contributed by atoms with E-state index in [0.717, 1.165) is 23.6 Å². The molecule has 1 heterocycles. The van der Waals surface area contributed by atoms with Crippen LogP contribution in [0.2, 0.25) is 0 Å². The first-order valence-corrected chi connectivity index (χ1v) is 11.4. The number of carbonyl (C=O) groups is 2. The lowest BCUT2D eigenvalue weighted by molar-refractivity contribution is -0.143. The molecule has 0 radical (unpaired) electrons. The number of hydrogen-bond acceptors (Lipinski definition) is 8. The average Bonchev–Trinajstić information content (AvgIpc) is 2.96. The van der Waals surface area contributed by atoms with Gasteiger partial charge in [-0.3, -0.25) is 9.59 Å². The zero-order valence-electron chi connectivity index (χ0n) is 18.4. The standard InChI is InChI=1S/C22H34N2O5S/c1-5-6-7-17-14-30-20-9-15(19(27-2)8-16(20)13-23-17)12-24-18(10-21(25)28-3)11-22(26)29-4/h8-9,17-18,23-24H,5-7,10-14H2,1-4H3. The van der Waals surface area contributed by atoms with Gasteiger partial charge >= 0.3 is 11.9 Å². The average molecular weight is 439 g/mol. The van der Waals surface area contributed by atoms with Crippen LogP contribution in [0.5, 0.6) is 5.75 Å². The topological polar surface area (TPSA) is 85.9 Å². The predicted octanol–water partition coefficient (Wildman–Crippen LogP) is 3.03. The minimum Gasteiger partial charge on any atom is -0.496 e. The molecular weight excluding hydrogens is 404 g/mol. The number of carbonyl (C=O) groups excluding carboxylic acids is 2. The molecule has 0 spiro atoms. The van der Waals surface area contributed by atoms with Crippen LogP contribution in [0.3, 0.4) is 0 Å². The SMILES string of the molecule is CCCCC1CSc2cc(CNC(CC(=O)OC)CC(=O)OC)c(OC)cc2CN1. The van der Waals surface area contributed by atoms with Crippen molar-refractivity contribution in [2.24, 2.45) is 0 Å². The highest BCUT2D eigenvalue weighted by atomic mass is 32.2. The molecule has 0 bridgehead atoms. The van der Waals surface area contributed by atoms with Gasteiger partial charge in [-0.15, -0.1) is 11.8 Å². The van der Waals surface area contributed by atoms with Crippen molar-refractivity contribution in [1.82, 2.24) is 10.6 Å². The van der Waals surface area contributed by atoms with Gasteiger partial charge in [0.25, 0.3) is 0 Å². The molecule has 0 amide bonds. The van der Waals surface area contributed by atoms with Crippen molar-refractivity contribution in [3.63, 3.8) is 0 Å². The first-order valence-electron chi connectivity index (χ1n) is 10.4. The second-order valence-corrected chi connectivity index (χ2v) is 8.50. The summed E-state index contributed by atoms with van der Waals surface area (Å²) in [4.78, 5) is 24.7. The van der Waals surface area contributed by atoms with E-state index in [0.29, 0.717) is 12.6 Å². The number of nitrogens with one attached hydrogen (secondary N) is 2. The molecule has 0 aromatic heterocycles. The summed E-state index contributed by atoms with van der Waals surface area (Å²) in [6, 6.07) is 4.38. The number of esters is 2. The molecular formula is C22H34N2O5S. The highest BCUT2D eigenvalue weighted by Crippen LogP contribution is 2.33. The summed E-state index contributed by atoms with van der Waals surface area (Å²) in [6.45, 7) is 3.52. The molecule has 8 heteroatoms. The van der Waals surface area contributed by atoms with Crippen LogP contribution in [0.4, 0.5) is 0 Å². The number of unbranched alkanes of at least 4 members (excludes halogenated alkanes) is 1. The van der Waals surface area contributed by atoms with Crippen molar-refractivity contribution < 1.29 is 23.8 Å². The Hall–Kier alpha value is -1.77. The van der Waals surface area contributed by atoms with Gasteiger partial charge in [-0.1, -0.05) is 19.8 Å². The minimum absolute atomic E-state index is 0.0939. The van der Waals surface area contributed by atoms with Gasteiger partial charge < -0.3 is 24.8 Å². The number of hydrogen-bond donors (Lipinski definition) is 2. The van der Waals surface area contributed by atoms with Crippen molar-refractivity contribution >= 4 is 23.7 Å². The summed E-state index contributed by atoms with van der Waals surface area (Å²) < 4.78 is 15.1. The van der Waals surface area contributed by atoms with E-state index in [2.05, 4.69) is 29.7 Å². The van der Waals surface area contributed by atoms with Gasteiger partial charge in [-0.2, -0.15) is 0 Å². The number of rotatable bonds is 11. The van der Waals surface area contributed by atoms with Crippen molar-refractivity contribution in [1.29, 1.82) is 0 Å². The zero-order valence-corrected chi connectivity index (χ0v) is 19.2. The summed E-state index contributed by atoms with van der Waals surface area (Å²) in [5.74, 6) is 1.10. The number of thioether (sulfide) groups is 1. The monoisotopic (exact) mass is 438 g/mol. The van der Waals surface area contributed by atoms with Gasteiger partial charge in [0, 0.05) is 41.4 Å². The fourth-order valence-corrected chi connectivity index (χ4v) is 4.63. The maximum Gasteiger partial charge on any atom is 0.307 e. The van der Waals surface area contributed by atoms with Gasteiger partial charge in [0.1, 0.15) is 5.75 Å². The third kappa shape index (κ3) is 7.49. The lowest BCUT2D eigenvalue weighted by Gasteiger charge is -2.19. The predicted molar refractivity (Wildman–Crippen MR) is 118 cm³/mol. The van der Waals surface area contributed by atoms with Crippen LogP contribution in [0.25, 0.3) is 0 Å². The summed E-state index contributed by atoms with van der Waals surface area (Å²) >= 11 is 1.87. The molecule has 168 valence electrons. The van der Waals surface area contributed by atoms with Crippen LogP contribution in [-0.4, -0.2) is 51.1 Å². The molecule has 0 saturated carbocycles. The molecule has 0 fully saturated rings. The van der Waals surface area contributed by atoms with Gasteiger partial charge in [-0.05, 0) is 24.1 Å². The molecule has 0 saturated heterocycles. The fraction of sp³-hybridized carbons (Fsp3) is 0.636. The first-order chi connectivity index (χ1) is 14.5. The van der Waals surface area contributed by atoms with Crippen LogP contribution in [0, 0.1) is 0 Å². The Morgan fingerprint density at radius 1 is 1.20 bits per heavy atom. The summed E-state index contributed by atoms with van der Waals surface area (Å²) in [5, 5.41) is 6.95. The van der Waals surface area contributed by atoms with Crippen molar-refractivity contribution in [2.75, 3.05) is 27.1 Å². The second kappa shape index (κ2) is 12.8. The largest absolute Gasteiger partial charge is 0.496 e. The maximum atomic E-state index is 11.7. The smallest absolute Gasteiger partial charge is 0.307 e. The van der Waals surface area contributed by atoms with Gasteiger partial charge in [0.15, 0.2) is 0 Å². The molecule has 1 unspecified atom stereocenters. The van der Waals surface area contributed by atoms with Crippen LogP contribution < -0.4 is 15.4 Å². The Bertz CT molecular complexity index is 695. The number of methoxy groups -OCH3 is 3. The zero-order chi connectivity index (χ0) is 21.9. The molecule has 0 aliphatic carbocycles. The molecule has 1 aromatic rings. The Kier molecular flexibility index (Phi) is 10.5. The Morgan fingerprint density at radius 2 is 1.90 bits per heavy atom. The van der Waals surface area contributed by atoms with Crippen LogP contribution in [-0.2, 0) is 32.2 Å². The normalized spacial score (nSPS) is 16.0. The number of fused-ring (bicyclic) bond motifs is 1. The summed E-state index contributed by atoms with van der Waals surface area (Å²) in [5.41, 5.74) is 2.23. The first kappa shape index (κ1) is 24.5. The van der Waals surface area contributed by atoms with Crippen LogP contribution >= 0.6 is 11.8 Å². The van der Waals surface area contributed by atoms with Gasteiger partial charge in [0.05, 0.1) is 34.2 Å². The molecule has 1 aliphatic heterocycles. The van der Waals surface area contributed by atoms with E-state index >= 15 is 0 Å². The molecule has 1 atom stereocenters. The van der Waals surface area contributed by atoms with E-state index in [1.54, 1.807) is 7.11 Å². The van der Waals surface area contributed by atoms with Gasteiger partial charge in [-0.25, -0.2) is 0 Å². The van der Waals surface area contributed by atoms with E-state index < -0.39 is 0 Å². The third-order valence-electron chi connectivity index (χ3n) is 5.25. The van der Waals surface area contributed by atoms with Crippen molar-refractivity contribution in [2.45, 2.75) is 69.1 Å². The highest BCUT2D eigenvalue weighted by Gasteiger charge is 2.21. The van der Waals surface area contributed by atoms with Crippen molar-refractivity contribution in [3.8, 4) is 5.75 Å². The van der Waals surface area contributed by atoms with E-state index in [9.17, 15) is 9.59 Å². The molecule has 2 N–H and O–H groups in total. The third-order valence-corrected chi connectivity index (χ3v) is 6.51. The number of benzene rings is 1. The fourth-order valence-electron chi connectivity index (χ4n) is 3.42. The van der Waals surface area contributed by atoms with E-state index in [1.807, 2.05) is 11.8 Å². The quantitative estimate of drug-likeness (QED) is 0.510. The van der Waals surface area contributed by atoms with E-state index in [4.69, 9.17) is 14.2 Å². The number of ether oxygens (including phenoxy) is 3. The maximum absolute atomic E-state index is 11.7. The molecule has 1 aromatic carbocycles. The van der Waals surface area contributed by atoms with Crippen LogP contribution in [0.1, 0.15) is 50.2 Å². The Morgan fingerprint density at radius 3 is 2.50 bits per heavy atom. The van der Waals surface area contributed by atoms with Crippen LogP contribution in [0.15, 0.2) is 17.0 Å². The Labute approximate surface area is 183 Å². The highest BCUT2D eigenvalue weighted by molar-refractivity contribution is 7.99. The van der Waals surface area contributed by atoms with Crippen molar-refractivity contribution in [3.05, 3.63) is 23.3 Å². The molecule has 1 aliphatic rings. The lowest BCUT2D eigenvalue weighted by atomic mass is 10.1. The lowest BCUT2D eigenvalue weighted by Crippen LogP contribution is -2.34. The second-order valence-electron chi connectivity index (χ2n) is 7.44. The molecule has 30 heavy (non-hydrogen) atoms. The Balaban J connectivity index is 2.10.